The zero-order chi connectivity index (χ0) is 13.2. The lowest BCUT2D eigenvalue weighted by atomic mass is 10.1. The molecule has 1 unspecified atom stereocenters. The van der Waals surface area contributed by atoms with Gasteiger partial charge < -0.3 is 14.6 Å². The van der Waals surface area contributed by atoms with Crippen molar-refractivity contribution in [3.05, 3.63) is 23.8 Å². The Labute approximate surface area is 106 Å². The number of aliphatic hydroxyl groups is 1. The molecular weight excluding hydrogens is 258 g/mol. The molecule has 0 spiro atoms. The van der Waals surface area contributed by atoms with Crippen molar-refractivity contribution < 1.29 is 23.0 Å². The monoisotopic (exact) mass is 273 g/mol. The van der Waals surface area contributed by atoms with E-state index in [0.29, 0.717) is 23.5 Å². The number of hydrogen-bond donors (Lipinski definition) is 2. The molecule has 0 aliphatic carbocycles. The molecule has 1 atom stereocenters. The summed E-state index contributed by atoms with van der Waals surface area (Å²) in [5.74, 6) is 1.25. The van der Waals surface area contributed by atoms with Gasteiger partial charge in [-0.2, -0.15) is 0 Å². The van der Waals surface area contributed by atoms with E-state index in [2.05, 4.69) is 4.72 Å². The highest BCUT2D eigenvalue weighted by atomic mass is 32.2. The Bertz CT molecular complexity index is 528. The van der Waals surface area contributed by atoms with E-state index in [9.17, 15) is 13.5 Å². The molecule has 0 saturated carbocycles. The van der Waals surface area contributed by atoms with Crippen LogP contribution < -0.4 is 14.2 Å². The van der Waals surface area contributed by atoms with Gasteiger partial charge in [0, 0.05) is 6.54 Å². The maximum Gasteiger partial charge on any atom is 0.231 e. The molecule has 1 aliphatic rings. The van der Waals surface area contributed by atoms with Gasteiger partial charge in [-0.05, 0) is 24.1 Å². The second kappa shape index (κ2) is 5.13. The average molecular weight is 273 g/mol. The smallest absolute Gasteiger partial charge is 0.231 e. The summed E-state index contributed by atoms with van der Waals surface area (Å²) in [7, 11) is -3.22. The van der Waals surface area contributed by atoms with Crippen LogP contribution >= 0.6 is 0 Å². The molecule has 0 aromatic heterocycles. The first-order valence-electron chi connectivity index (χ1n) is 5.48. The molecule has 1 aromatic rings. The highest BCUT2D eigenvalue weighted by Gasteiger charge is 2.16. The van der Waals surface area contributed by atoms with E-state index in [1.165, 1.54) is 0 Å². The Balaban J connectivity index is 1.95. The molecule has 1 heterocycles. The van der Waals surface area contributed by atoms with Crippen LogP contribution in [0.3, 0.4) is 0 Å². The van der Waals surface area contributed by atoms with Crippen LogP contribution in [0.5, 0.6) is 11.5 Å². The summed E-state index contributed by atoms with van der Waals surface area (Å²) in [6, 6.07) is 5.16. The molecular formula is C11H15NO5S. The SMILES string of the molecule is CS(=O)(=O)NCCC(O)c1ccc2c(c1)OCO2. The van der Waals surface area contributed by atoms with Gasteiger partial charge in [0.15, 0.2) is 11.5 Å². The first kappa shape index (κ1) is 13.1. The molecule has 0 radical (unpaired) electrons. The van der Waals surface area contributed by atoms with Gasteiger partial charge in [-0.15, -0.1) is 0 Å². The molecule has 6 nitrogen and oxygen atoms in total. The van der Waals surface area contributed by atoms with Gasteiger partial charge in [-0.1, -0.05) is 6.07 Å². The van der Waals surface area contributed by atoms with E-state index < -0.39 is 16.1 Å². The Hall–Kier alpha value is -1.31. The maximum absolute atomic E-state index is 10.9. The number of nitrogens with one attached hydrogen (secondary N) is 1. The maximum atomic E-state index is 10.9. The number of sulfonamides is 1. The fourth-order valence-corrected chi connectivity index (χ4v) is 2.16. The molecule has 0 fully saturated rings. The van der Waals surface area contributed by atoms with E-state index in [0.717, 1.165) is 6.26 Å². The number of rotatable bonds is 5. The van der Waals surface area contributed by atoms with E-state index in [4.69, 9.17) is 9.47 Å². The minimum Gasteiger partial charge on any atom is -0.454 e. The average Bonchev–Trinajstić information content (AvgIpc) is 2.73. The summed E-state index contributed by atoms with van der Waals surface area (Å²) in [5.41, 5.74) is 0.676. The highest BCUT2D eigenvalue weighted by Crippen LogP contribution is 2.34. The summed E-state index contributed by atoms with van der Waals surface area (Å²) in [4.78, 5) is 0. The Morgan fingerprint density at radius 2 is 2.11 bits per heavy atom. The van der Waals surface area contributed by atoms with Crippen molar-refractivity contribution >= 4 is 10.0 Å². The van der Waals surface area contributed by atoms with Crippen molar-refractivity contribution in [2.75, 3.05) is 19.6 Å². The van der Waals surface area contributed by atoms with Crippen molar-refractivity contribution in [3.8, 4) is 11.5 Å². The fraction of sp³-hybridized carbons (Fsp3) is 0.455. The molecule has 0 bridgehead atoms. The van der Waals surface area contributed by atoms with E-state index >= 15 is 0 Å². The zero-order valence-electron chi connectivity index (χ0n) is 9.92. The van der Waals surface area contributed by atoms with Crippen molar-refractivity contribution in [2.45, 2.75) is 12.5 Å². The van der Waals surface area contributed by atoms with E-state index in [-0.39, 0.29) is 13.3 Å². The highest BCUT2D eigenvalue weighted by molar-refractivity contribution is 7.88. The van der Waals surface area contributed by atoms with Crippen LogP contribution in [0.1, 0.15) is 18.1 Å². The van der Waals surface area contributed by atoms with Gasteiger partial charge in [0.05, 0.1) is 12.4 Å². The van der Waals surface area contributed by atoms with Crippen LogP contribution in [-0.4, -0.2) is 33.1 Å². The van der Waals surface area contributed by atoms with E-state index in [1.54, 1.807) is 18.2 Å². The molecule has 18 heavy (non-hydrogen) atoms. The summed E-state index contributed by atoms with van der Waals surface area (Å²) >= 11 is 0. The van der Waals surface area contributed by atoms with Gasteiger partial charge in [-0.25, -0.2) is 13.1 Å². The lowest BCUT2D eigenvalue weighted by Gasteiger charge is -2.11. The van der Waals surface area contributed by atoms with Gasteiger partial charge in [0.25, 0.3) is 0 Å². The molecule has 2 N–H and O–H groups in total. The number of benzene rings is 1. The second-order valence-corrected chi connectivity index (χ2v) is 5.92. The van der Waals surface area contributed by atoms with Gasteiger partial charge in [0.2, 0.25) is 16.8 Å². The molecule has 100 valence electrons. The number of ether oxygens (including phenoxy) is 2. The number of aliphatic hydroxyl groups excluding tert-OH is 1. The van der Waals surface area contributed by atoms with E-state index in [1.807, 2.05) is 0 Å². The molecule has 1 aromatic carbocycles. The summed E-state index contributed by atoms with van der Waals surface area (Å²) in [5, 5.41) is 9.92. The fourth-order valence-electron chi connectivity index (χ4n) is 1.67. The first-order chi connectivity index (χ1) is 8.46. The van der Waals surface area contributed by atoms with Crippen LogP contribution in [0.15, 0.2) is 18.2 Å². The van der Waals surface area contributed by atoms with Crippen molar-refractivity contribution in [1.29, 1.82) is 0 Å². The van der Waals surface area contributed by atoms with Crippen LogP contribution in [-0.2, 0) is 10.0 Å². The predicted molar refractivity (Wildman–Crippen MR) is 65.0 cm³/mol. The van der Waals surface area contributed by atoms with Gasteiger partial charge in [-0.3, -0.25) is 0 Å². The predicted octanol–water partition coefficient (Wildman–Crippen LogP) is 0.388. The molecule has 1 aliphatic heterocycles. The van der Waals surface area contributed by atoms with Crippen molar-refractivity contribution in [1.82, 2.24) is 4.72 Å². The zero-order valence-corrected chi connectivity index (χ0v) is 10.7. The van der Waals surface area contributed by atoms with Crippen LogP contribution in [0, 0.1) is 0 Å². The summed E-state index contributed by atoms with van der Waals surface area (Å²) in [6.45, 7) is 0.374. The normalized spacial score (nSPS) is 15.7. The van der Waals surface area contributed by atoms with Gasteiger partial charge >= 0.3 is 0 Å². The topological polar surface area (TPSA) is 84.9 Å². The molecule has 0 saturated heterocycles. The molecule has 0 amide bonds. The minimum absolute atomic E-state index is 0.185. The minimum atomic E-state index is -3.22. The Kier molecular flexibility index (Phi) is 3.74. The number of hydrogen-bond acceptors (Lipinski definition) is 5. The third-order valence-electron chi connectivity index (χ3n) is 2.56. The van der Waals surface area contributed by atoms with Crippen LogP contribution in [0.4, 0.5) is 0 Å². The quantitative estimate of drug-likeness (QED) is 0.810. The molecule has 7 heteroatoms. The molecule has 2 rings (SSSR count). The number of fused-ring (bicyclic) bond motifs is 1. The lowest BCUT2D eigenvalue weighted by Crippen LogP contribution is -2.24. The van der Waals surface area contributed by atoms with Crippen LogP contribution in [0.2, 0.25) is 0 Å². The van der Waals surface area contributed by atoms with Gasteiger partial charge in [0.1, 0.15) is 0 Å². The third kappa shape index (κ3) is 3.34. The summed E-state index contributed by atoms with van der Waals surface area (Å²) < 4.78 is 34.4. The third-order valence-corrected chi connectivity index (χ3v) is 3.29. The lowest BCUT2D eigenvalue weighted by molar-refractivity contribution is 0.166. The van der Waals surface area contributed by atoms with Crippen molar-refractivity contribution in [3.63, 3.8) is 0 Å². The second-order valence-electron chi connectivity index (χ2n) is 4.08. The standard InChI is InChI=1S/C11H15NO5S/c1-18(14,15)12-5-4-9(13)8-2-3-10-11(6-8)17-7-16-10/h2-3,6,9,12-13H,4-5,7H2,1H3. The largest absolute Gasteiger partial charge is 0.454 e. The van der Waals surface area contributed by atoms with Crippen molar-refractivity contribution in [2.24, 2.45) is 0 Å². The Morgan fingerprint density at radius 1 is 1.39 bits per heavy atom. The van der Waals surface area contributed by atoms with Crippen LogP contribution in [0.25, 0.3) is 0 Å². The Morgan fingerprint density at radius 3 is 2.83 bits per heavy atom. The first-order valence-corrected chi connectivity index (χ1v) is 7.37. The summed E-state index contributed by atoms with van der Waals surface area (Å²) in [6.07, 6.45) is 0.640.